The third-order valence-corrected chi connectivity index (χ3v) is 9.28. The Morgan fingerprint density at radius 3 is 2.30 bits per heavy atom. The molecule has 5 N–H and O–H groups in total. The third kappa shape index (κ3) is 5.15. The van der Waals surface area contributed by atoms with Crippen molar-refractivity contribution < 1.29 is 56.0 Å². The molecule has 18 nitrogen and oxygen atoms in total. The molecule has 0 aliphatic carbocycles. The highest BCUT2D eigenvalue weighted by Gasteiger charge is 2.54. The molecule has 230 valence electrons. The molecule has 10 unspecified atom stereocenters. The van der Waals surface area contributed by atoms with Crippen LogP contribution < -0.4 is 5.73 Å². The Hall–Kier alpha value is -2.93. The summed E-state index contributed by atoms with van der Waals surface area (Å²) in [5.41, 5.74) is 7.19. The smallest absolute Gasteiger partial charge is 0.386 e. The second kappa shape index (κ2) is 10.6. The van der Waals surface area contributed by atoms with Gasteiger partial charge in [-0.1, -0.05) is 12.1 Å². The lowest BCUT2D eigenvalue weighted by Gasteiger charge is -2.27. The SMILES string of the molecule is Nc1ncnc2c1ncn2C1OC2COP(=O)(O)OC3C(COP(=O)(O)OC2C1F)OC(n1cnc2ccccc21)C3O. The molecule has 4 aromatic rings. The van der Waals surface area contributed by atoms with Crippen LogP contribution in [0.2, 0.25) is 0 Å². The fraction of sp³-hybridized carbons (Fsp3) is 0.455. The summed E-state index contributed by atoms with van der Waals surface area (Å²) in [4.78, 5) is 37.3. The zero-order valence-electron chi connectivity index (χ0n) is 21.7. The van der Waals surface area contributed by atoms with Gasteiger partial charge in [0, 0.05) is 0 Å². The van der Waals surface area contributed by atoms with Crippen LogP contribution in [0, 0.1) is 0 Å². The van der Waals surface area contributed by atoms with Gasteiger partial charge in [0.25, 0.3) is 0 Å². The van der Waals surface area contributed by atoms with Crippen molar-refractivity contribution in [3.8, 4) is 0 Å². The van der Waals surface area contributed by atoms with Gasteiger partial charge in [0.1, 0.15) is 42.4 Å². The number of alkyl halides is 1. The number of nitrogen functional groups attached to an aromatic ring is 1. The summed E-state index contributed by atoms with van der Waals surface area (Å²) in [5.74, 6) is 0.0216. The molecule has 0 radical (unpaired) electrons. The van der Waals surface area contributed by atoms with E-state index in [4.69, 9.17) is 33.3 Å². The highest BCUT2D eigenvalue weighted by Crippen LogP contribution is 2.54. The second-order valence-corrected chi connectivity index (χ2v) is 12.8. The Labute approximate surface area is 240 Å². The van der Waals surface area contributed by atoms with Crippen LogP contribution in [0.3, 0.4) is 0 Å². The number of imidazole rings is 2. The molecule has 3 fully saturated rings. The van der Waals surface area contributed by atoms with Crippen molar-refractivity contribution in [3.63, 3.8) is 0 Å². The van der Waals surface area contributed by atoms with Crippen molar-refractivity contribution in [1.82, 2.24) is 29.1 Å². The minimum absolute atomic E-state index is 0.0216. The van der Waals surface area contributed by atoms with Gasteiger partial charge in [-0.2, -0.15) is 0 Å². The molecule has 3 saturated heterocycles. The molecule has 21 heteroatoms. The van der Waals surface area contributed by atoms with Gasteiger partial charge in [0.15, 0.2) is 30.1 Å². The number of para-hydroxylation sites is 2. The summed E-state index contributed by atoms with van der Waals surface area (Å²) < 4.78 is 76.8. The van der Waals surface area contributed by atoms with E-state index < -0.39 is 78.0 Å². The van der Waals surface area contributed by atoms with Crippen LogP contribution in [0.25, 0.3) is 22.2 Å². The summed E-state index contributed by atoms with van der Waals surface area (Å²) in [7, 11) is -10.0. The first-order valence-corrected chi connectivity index (χ1v) is 15.8. The quantitative estimate of drug-likeness (QED) is 0.223. The number of fused-ring (bicyclic) bond motifs is 4. The first-order valence-electron chi connectivity index (χ1n) is 12.8. The van der Waals surface area contributed by atoms with Crippen LogP contribution in [0.5, 0.6) is 0 Å². The van der Waals surface area contributed by atoms with Gasteiger partial charge < -0.3 is 34.7 Å². The summed E-state index contributed by atoms with van der Waals surface area (Å²) in [6.07, 6.45) is -9.06. The molecule has 3 aliphatic rings. The number of aromatic nitrogens is 6. The van der Waals surface area contributed by atoms with Gasteiger partial charge in [-0.05, 0) is 12.1 Å². The highest BCUT2D eigenvalue weighted by molar-refractivity contribution is 7.47. The maximum atomic E-state index is 15.8. The van der Waals surface area contributed by atoms with E-state index in [1.54, 1.807) is 24.3 Å². The van der Waals surface area contributed by atoms with E-state index in [-0.39, 0.29) is 17.0 Å². The molecule has 6 heterocycles. The van der Waals surface area contributed by atoms with E-state index in [0.29, 0.717) is 11.0 Å². The number of rotatable bonds is 2. The lowest BCUT2D eigenvalue weighted by atomic mass is 10.1. The van der Waals surface area contributed by atoms with E-state index in [1.165, 1.54) is 21.8 Å². The molecule has 0 bridgehead atoms. The normalized spacial score (nSPS) is 38.9. The largest absolute Gasteiger partial charge is 0.472 e. The third-order valence-electron chi connectivity index (χ3n) is 7.31. The predicted octanol–water partition coefficient (Wildman–Crippen LogP) is 0.970. The number of aliphatic hydroxyl groups is 1. The van der Waals surface area contributed by atoms with E-state index in [2.05, 4.69) is 19.9 Å². The summed E-state index contributed by atoms with van der Waals surface area (Å²) in [5, 5.41) is 11.1. The predicted molar refractivity (Wildman–Crippen MR) is 139 cm³/mol. The summed E-state index contributed by atoms with van der Waals surface area (Å²) in [6.45, 7) is -1.59. The van der Waals surface area contributed by atoms with Crippen LogP contribution in [-0.4, -0.2) is 93.9 Å². The fourth-order valence-corrected chi connectivity index (χ4v) is 7.25. The van der Waals surface area contributed by atoms with Crippen LogP contribution in [0.4, 0.5) is 10.2 Å². The molecular formula is C22H24FN7O11P2. The van der Waals surface area contributed by atoms with E-state index in [9.17, 15) is 24.0 Å². The second-order valence-electron chi connectivity index (χ2n) is 9.96. The van der Waals surface area contributed by atoms with Gasteiger partial charge in [0.2, 0.25) is 0 Å². The number of anilines is 1. The number of ether oxygens (including phenoxy) is 2. The Bertz CT molecular complexity index is 1780. The summed E-state index contributed by atoms with van der Waals surface area (Å²) in [6, 6.07) is 6.94. The average molecular weight is 643 g/mol. The van der Waals surface area contributed by atoms with Gasteiger partial charge >= 0.3 is 15.6 Å². The molecule has 0 amide bonds. The monoisotopic (exact) mass is 643 g/mol. The minimum Gasteiger partial charge on any atom is -0.386 e. The lowest BCUT2D eigenvalue weighted by Crippen LogP contribution is -2.38. The first-order chi connectivity index (χ1) is 20.5. The minimum atomic E-state index is -5.04. The number of phosphoric ester groups is 2. The number of aliphatic hydroxyl groups excluding tert-OH is 1. The number of hydrogen-bond donors (Lipinski definition) is 4. The summed E-state index contributed by atoms with van der Waals surface area (Å²) >= 11 is 0. The first kappa shape index (κ1) is 28.8. The number of phosphoric acid groups is 2. The Kier molecular flexibility index (Phi) is 7.11. The number of halogens is 1. The fourth-order valence-electron chi connectivity index (χ4n) is 5.33. The molecular weight excluding hydrogens is 619 g/mol. The van der Waals surface area contributed by atoms with Gasteiger partial charge in [0.05, 0.1) is 36.9 Å². The van der Waals surface area contributed by atoms with Gasteiger partial charge in [-0.25, -0.2) is 33.5 Å². The van der Waals surface area contributed by atoms with Crippen molar-refractivity contribution in [2.45, 2.75) is 49.1 Å². The van der Waals surface area contributed by atoms with E-state index >= 15 is 4.39 Å². The van der Waals surface area contributed by atoms with Crippen molar-refractivity contribution >= 4 is 43.7 Å². The lowest BCUT2D eigenvalue weighted by molar-refractivity contribution is -0.0662. The van der Waals surface area contributed by atoms with E-state index in [1.807, 2.05) is 0 Å². The van der Waals surface area contributed by atoms with Crippen molar-refractivity contribution in [3.05, 3.63) is 43.2 Å². The average Bonchev–Trinajstić information content (AvgIpc) is 3.72. The number of benzene rings is 1. The van der Waals surface area contributed by atoms with Crippen LogP contribution in [0.1, 0.15) is 12.5 Å². The van der Waals surface area contributed by atoms with Gasteiger partial charge in [-0.3, -0.25) is 22.7 Å². The van der Waals surface area contributed by atoms with Crippen molar-refractivity contribution in [2.24, 2.45) is 0 Å². The Balaban J connectivity index is 1.16. The standard InChI is InChI=1S/C22H24FN7O11P2/c23-14-17-12(38-21(14)30-9-28-15-19(24)25-7-26-20(15)30)5-36-43(34,35)41-18-13(6-37-42(32,33)40-17)39-22(16(18)31)29-8-27-10-3-1-2-4-11(10)29/h1-4,7-9,12-14,16-18,21-22,31H,5-6H2,(H,32,33)(H,34,35)(H2,24,25,26). The zero-order chi connectivity index (χ0) is 30.1. The number of nitrogens with two attached hydrogens (primary N) is 1. The Morgan fingerprint density at radius 1 is 0.884 bits per heavy atom. The molecule has 3 aliphatic heterocycles. The molecule has 7 rings (SSSR count). The number of nitrogens with zero attached hydrogens (tertiary/aromatic N) is 6. The number of hydrogen-bond acceptors (Lipinski definition) is 14. The van der Waals surface area contributed by atoms with Crippen molar-refractivity contribution in [1.29, 1.82) is 0 Å². The van der Waals surface area contributed by atoms with Gasteiger partial charge in [-0.15, -0.1) is 0 Å². The maximum Gasteiger partial charge on any atom is 0.472 e. The van der Waals surface area contributed by atoms with E-state index in [0.717, 1.165) is 6.33 Å². The highest BCUT2D eigenvalue weighted by atomic mass is 31.2. The van der Waals surface area contributed by atoms with Crippen LogP contribution >= 0.6 is 15.6 Å². The molecule has 1 aromatic carbocycles. The molecule has 10 atom stereocenters. The van der Waals surface area contributed by atoms with Crippen LogP contribution in [0.15, 0.2) is 43.2 Å². The Morgan fingerprint density at radius 2 is 1.53 bits per heavy atom. The molecule has 0 saturated carbocycles. The molecule has 0 spiro atoms. The maximum absolute atomic E-state index is 15.8. The van der Waals surface area contributed by atoms with Crippen molar-refractivity contribution in [2.75, 3.05) is 18.9 Å². The molecule has 43 heavy (non-hydrogen) atoms. The van der Waals surface area contributed by atoms with Crippen LogP contribution in [-0.2, 0) is 36.7 Å². The zero-order valence-corrected chi connectivity index (χ0v) is 23.5. The topological polar surface area (TPSA) is 238 Å². The molecule has 3 aromatic heterocycles.